The van der Waals surface area contributed by atoms with Gasteiger partial charge in [0.05, 0.1) is 12.1 Å². The molecule has 0 saturated carbocycles. The molecule has 23 heavy (non-hydrogen) atoms. The lowest BCUT2D eigenvalue weighted by Crippen LogP contribution is -2.36. The molecule has 1 fully saturated rings. The molecule has 0 radical (unpaired) electrons. The van der Waals surface area contributed by atoms with Crippen molar-refractivity contribution in [1.82, 2.24) is 19.7 Å². The van der Waals surface area contributed by atoms with Crippen LogP contribution in [0.1, 0.15) is 6.42 Å². The van der Waals surface area contributed by atoms with Crippen molar-refractivity contribution in [2.75, 3.05) is 30.4 Å². The van der Waals surface area contributed by atoms with Crippen LogP contribution in [0.25, 0.3) is 0 Å². The number of methoxy groups -OCH3 is 1. The molecule has 0 spiro atoms. The highest BCUT2D eigenvalue weighted by molar-refractivity contribution is 5.42. The summed E-state index contributed by atoms with van der Waals surface area (Å²) in [4.78, 5) is 21.9. The molecule has 0 aliphatic carbocycles. The summed E-state index contributed by atoms with van der Waals surface area (Å²) < 4.78 is 6.82. The minimum Gasteiger partial charge on any atom is -0.380 e. The summed E-state index contributed by atoms with van der Waals surface area (Å²) in [6, 6.07) is 5.33. The van der Waals surface area contributed by atoms with Gasteiger partial charge in [-0.1, -0.05) is 0 Å². The average Bonchev–Trinajstić information content (AvgIpc) is 3.00. The second-order valence-corrected chi connectivity index (χ2v) is 5.53. The smallest absolute Gasteiger partial charge is 0.266 e. The van der Waals surface area contributed by atoms with Gasteiger partial charge < -0.3 is 15.0 Å². The molecule has 2 atom stereocenters. The van der Waals surface area contributed by atoms with E-state index < -0.39 is 0 Å². The highest BCUT2D eigenvalue weighted by Gasteiger charge is 2.32. The SMILES string of the molecule is CO[C@@H]1C[C@H](CNc2ccc(=O)n(C)n2)N(c2ccncn2)C1. The van der Waals surface area contributed by atoms with Crippen LogP contribution in [0.3, 0.4) is 0 Å². The van der Waals surface area contributed by atoms with Gasteiger partial charge in [0.1, 0.15) is 18.0 Å². The van der Waals surface area contributed by atoms with Crippen molar-refractivity contribution in [2.45, 2.75) is 18.6 Å². The summed E-state index contributed by atoms with van der Waals surface area (Å²) in [6.45, 7) is 1.48. The molecular formula is C15H20N6O2. The lowest BCUT2D eigenvalue weighted by Gasteiger charge is -2.25. The summed E-state index contributed by atoms with van der Waals surface area (Å²) >= 11 is 0. The average molecular weight is 316 g/mol. The molecule has 1 saturated heterocycles. The Bertz CT molecular complexity index is 705. The van der Waals surface area contributed by atoms with Gasteiger partial charge in [0.15, 0.2) is 0 Å². The fourth-order valence-electron chi connectivity index (χ4n) is 2.79. The number of aryl methyl sites for hydroxylation is 1. The number of nitrogens with zero attached hydrogens (tertiary/aromatic N) is 5. The lowest BCUT2D eigenvalue weighted by molar-refractivity contribution is 0.118. The third kappa shape index (κ3) is 3.48. The maximum absolute atomic E-state index is 11.4. The van der Waals surface area contributed by atoms with E-state index in [1.165, 1.54) is 10.7 Å². The second-order valence-electron chi connectivity index (χ2n) is 5.53. The van der Waals surface area contributed by atoms with Crippen LogP contribution in [0.15, 0.2) is 35.5 Å². The molecule has 3 rings (SSSR count). The Kier molecular flexibility index (Phi) is 4.52. The first-order chi connectivity index (χ1) is 11.2. The van der Waals surface area contributed by atoms with Crippen LogP contribution in [0.4, 0.5) is 11.6 Å². The monoisotopic (exact) mass is 316 g/mol. The molecule has 0 bridgehead atoms. The molecule has 0 aromatic carbocycles. The fraction of sp³-hybridized carbons (Fsp3) is 0.467. The fourth-order valence-corrected chi connectivity index (χ4v) is 2.79. The summed E-state index contributed by atoms with van der Waals surface area (Å²) in [5.41, 5.74) is -0.126. The van der Waals surface area contributed by atoms with E-state index in [1.54, 1.807) is 32.7 Å². The van der Waals surface area contributed by atoms with E-state index in [1.807, 2.05) is 6.07 Å². The van der Waals surface area contributed by atoms with Gasteiger partial charge >= 0.3 is 0 Å². The number of nitrogens with one attached hydrogen (secondary N) is 1. The summed E-state index contributed by atoms with van der Waals surface area (Å²) in [6.07, 6.45) is 4.36. The normalized spacial score (nSPS) is 20.7. The summed E-state index contributed by atoms with van der Waals surface area (Å²) in [7, 11) is 3.37. The first-order valence-corrected chi connectivity index (χ1v) is 7.51. The van der Waals surface area contributed by atoms with Crippen LogP contribution in [0.5, 0.6) is 0 Å². The van der Waals surface area contributed by atoms with E-state index in [2.05, 4.69) is 25.3 Å². The molecule has 3 heterocycles. The molecule has 2 aromatic heterocycles. The van der Waals surface area contributed by atoms with Crippen molar-refractivity contribution in [3.63, 3.8) is 0 Å². The number of rotatable bonds is 5. The largest absolute Gasteiger partial charge is 0.380 e. The minimum absolute atomic E-state index is 0.126. The predicted molar refractivity (Wildman–Crippen MR) is 86.5 cm³/mol. The highest BCUT2D eigenvalue weighted by Crippen LogP contribution is 2.25. The molecule has 122 valence electrons. The van der Waals surface area contributed by atoms with E-state index in [4.69, 9.17) is 4.74 Å². The molecule has 1 N–H and O–H groups in total. The van der Waals surface area contributed by atoms with Gasteiger partial charge in [-0.05, 0) is 18.6 Å². The van der Waals surface area contributed by atoms with E-state index in [0.717, 1.165) is 18.8 Å². The second kappa shape index (κ2) is 6.74. The topological polar surface area (TPSA) is 85.2 Å². The van der Waals surface area contributed by atoms with Crippen molar-refractivity contribution in [1.29, 1.82) is 0 Å². The van der Waals surface area contributed by atoms with Gasteiger partial charge in [-0.15, -0.1) is 0 Å². The van der Waals surface area contributed by atoms with Gasteiger partial charge in [0.2, 0.25) is 0 Å². The van der Waals surface area contributed by atoms with E-state index in [-0.39, 0.29) is 17.7 Å². The van der Waals surface area contributed by atoms with Gasteiger partial charge in [-0.25, -0.2) is 14.6 Å². The van der Waals surface area contributed by atoms with Crippen LogP contribution in [0, 0.1) is 0 Å². The maximum atomic E-state index is 11.4. The molecule has 0 amide bonds. The number of hydrogen-bond donors (Lipinski definition) is 1. The lowest BCUT2D eigenvalue weighted by atomic mass is 10.2. The third-order valence-corrected chi connectivity index (χ3v) is 4.05. The van der Waals surface area contributed by atoms with Gasteiger partial charge in [0.25, 0.3) is 5.56 Å². The van der Waals surface area contributed by atoms with Gasteiger partial charge in [-0.2, -0.15) is 5.10 Å². The predicted octanol–water partition coefficient (Wildman–Crippen LogP) is 0.276. The molecule has 0 unspecified atom stereocenters. The van der Waals surface area contributed by atoms with Crippen molar-refractivity contribution < 1.29 is 4.74 Å². The number of aromatic nitrogens is 4. The minimum atomic E-state index is -0.126. The third-order valence-electron chi connectivity index (χ3n) is 4.05. The zero-order valence-corrected chi connectivity index (χ0v) is 13.2. The molecule has 1 aliphatic rings. The first kappa shape index (κ1) is 15.4. The number of hydrogen-bond acceptors (Lipinski definition) is 7. The molecule has 1 aliphatic heterocycles. The summed E-state index contributed by atoms with van der Waals surface area (Å²) in [5, 5.41) is 7.48. The number of ether oxygens (including phenoxy) is 1. The van der Waals surface area contributed by atoms with Crippen molar-refractivity contribution >= 4 is 11.6 Å². The standard InChI is InChI=1S/C15H20N6O2/c1-20-15(22)4-3-13(19-20)17-8-11-7-12(23-2)9-21(11)14-5-6-16-10-18-14/h3-6,10-12H,7-9H2,1-2H3,(H,17,19)/t11-,12-/m1/s1. The van der Waals surface area contributed by atoms with Crippen LogP contribution in [0.2, 0.25) is 0 Å². The van der Waals surface area contributed by atoms with Gasteiger partial charge in [0, 0.05) is 39.5 Å². The van der Waals surface area contributed by atoms with Crippen LogP contribution >= 0.6 is 0 Å². The van der Waals surface area contributed by atoms with Crippen molar-refractivity contribution in [3.05, 3.63) is 41.1 Å². The Balaban J connectivity index is 1.71. The van der Waals surface area contributed by atoms with Crippen LogP contribution in [-0.2, 0) is 11.8 Å². The zero-order valence-electron chi connectivity index (χ0n) is 13.2. The van der Waals surface area contributed by atoms with Crippen molar-refractivity contribution in [3.8, 4) is 0 Å². The van der Waals surface area contributed by atoms with E-state index in [9.17, 15) is 4.79 Å². The Morgan fingerprint density at radius 1 is 1.39 bits per heavy atom. The molecular weight excluding hydrogens is 296 g/mol. The quantitative estimate of drug-likeness (QED) is 0.848. The van der Waals surface area contributed by atoms with E-state index in [0.29, 0.717) is 12.4 Å². The van der Waals surface area contributed by atoms with E-state index >= 15 is 0 Å². The van der Waals surface area contributed by atoms with Gasteiger partial charge in [-0.3, -0.25) is 4.79 Å². The highest BCUT2D eigenvalue weighted by atomic mass is 16.5. The number of anilines is 2. The van der Waals surface area contributed by atoms with Crippen LogP contribution in [-0.4, -0.2) is 52.1 Å². The Hall–Kier alpha value is -2.48. The first-order valence-electron chi connectivity index (χ1n) is 7.51. The Labute approximate surface area is 134 Å². The maximum Gasteiger partial charge on any atom is 0.266 e. The molecule has 8 heteroatoms. The Morgan fingerprint density at radius 2 is 2.26 bits per heavy atom. The van der Waals surface area contributed by atoms with Crippen molar-refractivity contribution in [2.24, 2.45) is 7.05 Å². The Morgan fingerprint density at radius 3 is 2.96 bits per heavy atom. The summed E-state index contributed by atoms with van der Waals surface area (Å²) in [5.74, 6) is 1.57. The molecule has 2 aromatic rings. The zero-order chi connectivity index (χ0) is 16.2. The van der Waals surface area contributed by atoms with Crippen LogP contribution < -0.4 is 15.8 Å². The molecule has 8 nitrogen and oxygen atoms in total.